The number of fused-ring (bicyclic) bond motifs is 1. The molecule has 0 bridgehead atoms. The molecule has 0 radical (unpaired) electrons. The van der Waals surface area contributed by atoms with Crippen LogP contribution in [0.2, 0.25) is 0 Å². The summed E-state index contributed by atoms with van der Waals surface area (Å²) in [6, 6.07) is 15.2. The first-order valence-electron chi connectivity index (χ1n) is 11.7. The van der Waals surface area contributed by atoms with Crippen LogP contribution in [-0.2, 0) is 4.79 Å². The highest BCUT2D eigenvalue weighted by Gasteiger charge is 2.27. The van der Waals surface area contributed by atoms with Gasteiger partial charge in [0.05, 0.1) is 17.1 Å². The van der Waals surface area contributed by atoms with Gasteiger partial charge in [-0.25, -0.2) is 9.97 Å². The van der Waals surface area contributed by atoms with E-state index in [9.17, 15) is 4.79 Å². The number of carbonyl (C=O) groups excluding carboxylic acids is 1. The zero-order valence-electron chi connectivity index (χ0n) is 20.0. The molecule has 8 heteroatoms. The normalized spacial score (nSPS) is 13.7. The number of likely N-dealkylation sites (tertiary alicyclic amines) is 1. The lowest BCUT2D eigenvalue weighted by atomic mass is 10.1. The molecule has 0 spiro atoms. The van der Waals surface area contributed by atoms with Gasteiger partial charge in [0.1, 0.15) is 29.4 Å². The third-order valence-electron chi connectivity index (χ3n) is 5.99. The van der Waals surface area contributed by atoms with Crippen molar-refractivity contribution >= 4 is 28.3 Å². The van der Waals surface area contributed by atoms with E-state index in [4.69, 9.17) is 9.47 Å². The number of ether oxygens (including phenoxy) is 2. The van der Waals surface area contributed by atoms with Gasteiger partial charge in [0.25, 0.3) is 5.91 Å². The first kappa shape index (κ1) is 22.6. The summed E-state index contributed by atoms with van der Waals surface area (Å²) in [7, 11) is 0. The SMILES string of the molecule is Cc1ccc(Oc2ccc(Nc3ncnc4cccc(O[C@H](C)C(=O)N5CCC5)c34)cc2C)cn1. The van der Waals surface area contributed by atoms with Crippen LogP contribution in [0.1, 0.15) is 24.6 Å². The number of amides is 1. The molecule has 1 atom stereocenters. The number of carbonyl (C=O) groups is 1. The van der Waals surface area contributed by atoms with Crippen LogP contribution >= 0.6 is 0 Å². The second kappa shape index (κ2) is 9.58. The Bertz CT molecular complexity index is 1360. The Morgan fingerprint density at radius 1 is 1.03 bits per heavy atom. The fourth-order valence-corrected chi connectivity index (χ4v) is 3.93. The second-order valence-electron chi connectivity index (χ2n) is 8.65. The molecule has 1 N–H and O–H groups in total. The van der Waals surface area contributed by atoms with Crippen LogP contribution in [0, 0.1) is 13.8 Å². The van der Waals surface area contributed by atoms with Gasteiger partial charge >= 0.3 is 0 Å². The summed E-state index contributed by atoms with van der Waals surface area (Å²) in [5.41, 5.74) is 3.47. The first-order chi connectivity index (χ1) is 17.0. The lowest BCUT2D eigenvalue weighted by Crippen LogP contribution is -2.47. The number of hydrogen-bond donors (Lipinski definition) is 1. The summed E-state index contributed by atoms with van der Waals surface area (Å²) in [6.07, 6.45) is 3.67. The number of rotatable bonds is 7. The van der Waals surface area contributed by atoms with Gasteiger partial charge in [0, 0.05) is 24.5 Å². The van der Waals surface area contributed by atoms with Crippen molar-refractivity contribution < 1.29 is 14.3 Å². The Balaban J connectivity index is 1.39. The van der Waals surface area contributed by atoms with Gasteiger partial charge in [-0.3, -0.25) is 9.78 Å². The van der Waals surface area contributed by atoms with Gasteiger partial charge in [0.2, 0.25) is 0 Å². The Morgan fingerprint density at radius 2 is 1.89 bits per heavy atom. The topological polar surface area (TPSA) is 89.5 Å². The van der Waals surface area contributed by atoms with E-state index in [1.807, 2.05) is 67.3 Å². The van der Waals surface area contributed by atoms with Gasteiger partial charge in [-0.15, -0.1) is 0 Å². The Morgan fingerprint density at radius 3 is 2.60 bits per heavy atom. The van der Waals surface area contributed by atoms with Crippen molar-refractivity contribution in [3.8, 4) is 17.2 Å². The third kappa shape index (κ3) is 4.87. The fraction of sp³-hybridized carbons (Fsp3) is 0.259. The maximum absolute atomic E-state index is 12.6. The quantitative estimate of drug-likeness (QED) is 0.399. The van der Waals surface area contributed by atoms with E-state index in [1.54, 1.807) is 13.1 Å². The van der Waals surface area contributed by atoms with Crippen molar-refractivity contribution in [1.82, 2.24) is 19.9 Å². The van der Waals surface area contributed by atoms with Gasteiger partial charge in [-0.2, -0.15) is 0 Å². The average molecular weight is 470 g/mol. The number of aryl methyl sites for hydroxylation is 2. The summed E-state index contributed by atoms with van der Waals surface area (Å²) in [6.45, 7) is 7.28. The highest BCUT2D eigenvalue weighted by atomic mass is 16.5. The molecule has 4 aromatic rings. The predicted octanol–water partition coefficient (Wildman–Crippen LogP) is 5.18. The van der Waals surface area contributed by atoms with E-state index in [0.29, 0.717) is 17.3 Å². The lowest BCUT2D eigenvalue weighted by molar-refractivity contribution is -0.141. The van der Waals surface area contributed by atoms with Gasteiger partial charge in [-0.05, 0) is 75.2 Å². The molecule has 3 heterocycles. The third-order valence-corrected chi connectivity index (χ3v) is 5.99. The standard InChI is InChI=1S/C27H27N5O3/c1-17-14-20(9-11-23(17)35-21-10-8-18(2)28-15-21)31-26-25-22(29-16-30-26)6-4-7-24(25)34-19(3)27(33)32-12-5-13-32/h4,6-11,14-16,19H,5,12-13H2,1-3H3,(H,29,30,31)/t19-/m1/s1. The van der Waals surface area contributed by atoms with Gasteiger partial charge < -0.3 is 19.7 Å². The van der Waals surface area contributed by atoms with E-state index in [0.717, 1.165) is 53.1 Å². The van der Waals surface area contributed by atoms with Gasteiger partial charge in [0.15, 0.2) is 6.10 Å². The number of benzene rings is 2. The Hall–Kier alpha value is -4.20. The molecule has 2 aromatic carbocycles. The minimum Gasteiger partial charge on any atom is -0.480 e. The maximum atomic E-state index is 12.6. The van der Waals surface area contributed by atoms with Gasteiger partial charge in [-0.1, -0.05) is 6.07 Å². The number of hydrogen-bond acceptors (Lipinski definition) is 7. The minimum atomic E-state index is -0.594. The number of anilines is 2. The zero-order chi connectivity index (χ0) is 24.4. The smallest absolute Gasteiger partial charge is 0.263 e. The molecule has 2 aromatic heterocycles. The average Bonchev–Trinajstić information content (AvgIpc) is 2.81. The van der Waals surface area contributed by atoms with E-state index in [2.05, 4.69) is 20.3 Å². The van der Waals surface area contributed by atoms with E-state index in [-0.39, 0.29) is 5.91 Å². The van der Waals surface area contributed by atoms with Crippen molar-refractivity contribution in [2.75, 3.05) is 18.4 Å². The highest BCUT2D eigenvalue weighted by molar-refractivity contribution is 5.96. The van der Waals surface area contributed by atoms with Crippen LogP contribution in [0.25, 0.3) is 10.9 Å². The molecule has 5 rings (SSSR count). The summed E-state index contributed by atoms with van der Waals surface area (Å²) in [4.78, 5) is 27.5. The maximum Gasteiger partial charge on any atom is 0.263 e. The number of nitrogens with zero attached hydrogens (tertiary/aromatic N) is 4. The molecule has 0 saturated carbocycles. The monoisotopic (exact) mass is 469 g/mol. The van der Waals surface area contributed by atoms with Crippen molar-refractivity contribution in [1.29, 1.82) is 0 Å². The Labute approximate surface area is 203 Å². The molecule has 1 aliphatic heterocycles. The molecule has 0 unspecified atom stereocenters. The van der Waals surface area contributed by atoms with Crippen LogP contribution in [0.5, 0.6) is 17.2 Å². The van der Waals surface area contributed by atoms with Crippen LogP contribution in [0.4, 0.5) is 11.5 Å². The molecule has 1 saturated heterocycles. The second-order valence-corrected chi connectivity index (χ2v) is 8.65. The van der Waals surface area contributed by atoms with Crippen molar-refractivity contribution in [3.63, 3.8) is 0 Å². The lowest BCUT2D eigenvalue weighted by Gasteiger charge is -2.33. The summed E-state index contributed by atoms with van der Waals surface area (Å²) in [5.74, 6) is 2.59. The molecule has 1 amide bonds. The van der Waals surface area contributed by atoms with Crippen LogP contribution < -0.4 is 14.8 Å². The van der Waals surface area contributed by atoms with E-state index >= 15 is 0 Å². The van der Waals surface area contributed by atoms with Crippen molar-refractivity contribution in [2.24, 2.45) is 0 Å². The predicted molar refractivity (Wildman–Crippen MR) is 134 cm³/mol. The number of aromatic nitrogens is 3. The molecule has 8 nitrogen and oxygen atoms in total. The highest BCUT2D eigenvalue weighted by Crippen LogP contribution is 2.34. The molecule has 178 valence electrons. The van der Waals surface area contributed by atoms with Crippen molar-refractivity contribution in [3.05, 3.63) is 72.3 Å². The minimum absolute atomic E-state index is 0.00500. The van der Waals surface area contributed by atoms with E-state index in [1.165, 1.54) is 6.33 Å². The molecule has 0 aliphatic carbocycles. The largest absolute Gasteiger partial charge is 0.480 e. The van der Waals surface area contributed by atoms with Crippen LogP contribution in [-0.4, -0.2) is 45.0 Å². The first-order valence-corrected chi connectivity index (χ1v) is 11.7. The molecular formula is C27H27N5O3. The fourth-order valence-electron chi connectivity index (χ4n) is 3.93. The van der Waals surface area contributed by atoms with Crippen LogP contribution in [0.3, 0.4) is 0 Å². The molecule has 35 heavy (non-hydrogen) atoms. The summed E-state index contributed by atoms with van der Waals surface area (Å²) >= 11 is 0. The Kier molecular flexibility index (Phi) is 6.18. The molecule has 1 aliphatic rings. The summed E-state index contributed by atoms with van der Waals surface area (Å²) < 4.78 is 12.1. The van der Waals surface area contributed by atoms with Crippen LogP contribution in [0.15, 0.2) is 61.1 Å². The molecule has 1 fully saturated rings. The zero-order valence-corrected chi connectivity index (χ0v) is 20.0. The van der Waals surface area contributed by atoms with Crippen molar-refractivity contribution in [2.45, 2.75) is 33.3 Å². The number of pyridine rings is 1. The van der Waals surface area contributed by atoms with E-state index < -0.39 is 6.10 Å². The number of nitrogens with one attached hydrogen (secondary N) is 1. The summed E-state index contributed by atoms with van der Waals surface area (Å²) in [5, 5.41) is 4.10. The molecular weight excluding hydrogens is 442 g/mol.